The zero-order valence-corrected chi connectivity index (χ0v) is 10.7. The molecule has 1 aromatic rings. The molecule has 94 valence electrons. The van der Waals surface area contributed by atoms with Crippen LogP contribution in [-0.2, 0) is 4.74 Å². The molecular formula is C13H18ClNO2. The number of β-amino-alcohol motifs (C(OH)–C–C–N with tert-alkyl or cyclic N) is 1. The zero-order chi connectivity index (χ0) is 12.3. The third-order valence-corrected chi connectivity index (χ3v) is 3.52. The first-order chi connectivity index (χ1) is 8.18. The molecule has 0 aliphatic carbocycles. The van der Waals surface area contributed by atoms with Gasteiger partial charge in [0.15, 0.2) is 0 Å². The summed E-state index contributed by atoms with van der Waals surface area (Å²) in [6.07, 6.45) is -0.538. The minimum Gasteiger partial charge on any atom is -0.387 e. The van der Waals surface area contributed by atoms with Crippen molar-refractivity contribution in [1.29, 1.82) is 0 Å². The highest BCUT2D eigenvalue weighted by molar-refractivity contribution is 6.31. The monoisotopic (exact) mass is 255 g/mol. The molecule has 0 spiro atoms. The largest absolute Gasteiger partial charge is 0.387 e. The number of aliphatic hydroxyl groups excluding tert-OH is 1. The first-order valence-electron chi connectivity index (χ1n) is 5.93. The van der Waals surface area contributed by atoms with Crippen molar-refractivity contribution in [2.75, 3.05) is 26.3 Å². The minimum atomic E-state index is -0.538. The van der Waals surface area contributed by atoms with E-state index < -0.39 is 6.10 Å². The standard InChI is InChI=1S/C13H18ClNO2/c1-10-9-17-7-6-15(10)8-13(16)11-4-2-3-5-12(11)14/h2-5,10,13,16H,6-9H2,1H3. The fourth-order valence-electron chi connectivity index (χ4n) is 2.10. The first kappa shape index (κ1) is 12.8. The number of benzene rings is 1. The molecule has 1 aliphatic heterocycles. The van der Waals surface area contributed by atoms with Crippen molar-refractivity contribution in [3.63, 3.8) is 0 Å². The molecule has 1 N–H and O–H groups in total. The van der Waals surface area contributed by atoms with Gasteiger partial charge in [0.1, 0.15) is 0 Å². The number of halogens is 1. The molecular weight excluding hydrogens is 238 g/mol. The second kappa shape index (κ2) is 5.83. The molecule has 17 heavy (non-hydrogen) atoms. The van der Waals surface area contributed by atoms with E-state index in [1.165, 1.54) is 0 Å². The van der Waals surface area contributed by atoms with E-state index in [-0.39, 0.29) is 0 Å². The zero-order valence-electron chi connectivity index (χ0n) is 9.97. The van der Waals surface area contributed by atoms with Crippen LogP contribution in [-0.4, -0.2) is 42.4 Å². The molecule has 0 bridgehead atoms. The molecule has 1 aromatic carbocycles. The SMILES string of the molecule is CC1COCCN1CC(O)c1ccccc1Cl. The maximum absolute atomic E-state index is 10.2. The summed E-state index contributed by atoms with van der Waals surface area (Å²) in [6, 6.07) is 7.80. The summed E-state index contributed by atoms with van der Waals surface area (Å²) in [5.74, 6) is 0. The highest BCUT2D eigenvalue weighted by Crippen LogP contribution is 2.24. The van der Waals surface area contributed by atoms with Crippen LogP contribution in [0.3, 0.4) is 0 Å². The third-order valence-electron chi connectivity index (χ3n) is 3.18. The van der Waals surface area contributed by atoms with Gasteiger partial charge in [-0.15, -0.1) is 0 Å². The Hall–Kier alpha value is -0.610. The van der Waals surface area contributed by atoms with Crippen LogP contribution in [0.5, 0.6) is 0 Å². The van der Waals surface area contributed by atoms with Gasteiger partial charge in [0, 0.05) is 29.7 Å². The van der Waals surface area contributed by atoms with Crippen molar-refractivity contribution in [3.05, 3.63) is 34.9 Å². The van der Waals surface area contributed by atoms with Crippen molar-refractivity contribution >= 4 is 11.6 Å². The Morgan fingerprint density at radius 2 is 2.29 bits per heavy atom. The second-order valence-electron chi connectivity index (χ2n) is 4.46. The van der Waals surface area contributed by atoms with Crippen LogP contribution >= 0.6 is 11.6 Å². The summed E-state index contributed by atoms with van der Waals surface area (Å²) in [7, 11) is 0. The van der Waals surface area contributed by atoms with E-state index in [0.29, 0.717) is 17.6 Å². The Morgan fingerprint density at radius 3 is 3.00 bits per heavy atom. The summed E-state index contributed by atoms with van der Waals surface area (Å²) in [5.41, 5.74) is 0.799. The van der Waals surface area contributed by atoms with E-state index >= 15 is 0 Å². The van der Waals surface area contributed by atoms with Gasteiger partial charge in [-0.25, -0.2) is 0 Å². The number of hydrogen-bond acceptors (Lipinski definition) is 3. The number of morpholine rings is 1. The summed E-state index contributed by atoms with van der Waals surface area (Å²) in [5, 5.41) is 10.8. The van der Waals surface area contributed by atoms with E-state index in [1.54, 1.807) is 0 Å². The predicted molar refractivity (Wildman–Crippen MR) is 68.3 cm³/mol. The number of aliphatic hydroxyl groups is 1. The topological polar surface area (TPSA) is 32.7 Å². The van der Waals surface area contributed by atoms with Crippen molar-refractivity contribution in [2.45, 2.75) is 19.1 Å². The van der Waals surface area contributed by atoms with Gasteiger partial charge in [-0.1, -0.05) is 29.8 Å². The number of ether oxygens (including phenoxy) is 1. The molecule has 0 saturated carbocycles. The molecule has 1 saturated heterocycles. The molecule has 3 nitrogen and oxygen atoms in total. The quantitative estimate of drug-likeness (QED) is 0.898. The lowest BCUT2D eigenvalue weighted by Crippen LogP contribution is -2.45. The lowest BCUT2D eigenvalue weighted by molar-refractivity contribution is -0.0202. The molecule has 0 radical (unpaired) electrons. The maximum atomic E-state index is 10.2. The van der Waals surface area contributed by atoms with Crippen LogP contribution in [0.15, 0.2) is 24.3 Å². The van der Waals surface area contributed by atoms with Crippen molar-refractivity contribution in [1.82, 2.24) is 4.90 Å². The number of rotatable bonds is 3. The van der Waals surface area contributed by atoms with E-state index in [0.717, 1.165) is 25.3 Å². The Morgan fingerprint density at radius 1 is 1.53 bits per heavy atom. The molecule has 2 rings (SSSR count). The molecule has 2 unspecified atom stereocenters. The van der Waals surface area contributed by atoms with Gasteiger partial charge in [0.25, 0.3) is 0 Å². The van der Waals surface area contributed by atoms with E-state index in [4.69, 9.17) is 16.3 Å². The van der Waals surface area contributed by atoms with Gasteiger partial charge >= 0.3 is 0 Å². The highest BCUT2D eigenvalue weighted by Gasteiger charge is 2.22. The Labute approximate surface area is 107 Å². The lowest BCUT2D eigenvalue weighted by atomic mass is 10.1. The van der Waals surface area contributed by atoms with Gasteiger partial charge < -0.3 is 9.84 Å². The summed E-state index contributed by atoms with van der Waals surface area (Å²) in [4.78, 5) is 2.23. The smallest absolute Gasteiger partial charge is 0.0931 e. The Balaban J connectivity index is 2.01. The molecule has 1 heterocycles. The van der Waals surface area contributed by atoms with E-state index in [2.05, 4.69) is 11.8 Å². The van der Waals surface area contributed by atoms with Gasteiger partial charge in [-0.05, 0) is 13.0 Å². The van der Waals surface area contributed by atoms with E-state index in [1.807, 2.05) is 24.3 Å². The molecule has 1 aliphatic rings. The summed E-state index contributed by atoms with van der Waals surface area (Å²) >= 11 is 6.07. The van der Waals surface area contributed by atoms with Crippen molar-refractivity contribution in [3.8, 4) is 0 Å². The maximum Gasteiger partial charge on any atom is 0.0931 e. The average Bonchev–Trinajstić information content (AvgIpc) is 2.32. The minimum absolute atomic E-state index is 0.348. The highest BCUT2D eigenvalue weighted by atomic mass is 35.5. The van der Waals surface area contributed by atoms with Crippen LogP contribution < -0.4 is 0 Å². The van der Waals surface area contributed by atoms with Crippen LogP contribution in [0, 0.1) is 0 Å². The van der Waals surface area contributed by atoms with Crippen LogP contribution in [0.4, 0.5) is 0 Å². The third kappa shape index (κ3) is 3.19. The van der Waals surface area contributed by atoms with Crippen molar-refractivity contribution in [2.24, 2.45) is 0 Å². The lowest BCUT2D eigenvalue weighted by Gasteiger charge is -2.34. The van der Waals surface area contributed by atoms with Gasteiger partial charge in [0.05, 0.1) is 19.3 Å². The molecule has 1 fully saturated rings. The second-order valence-corrected chi connectivity index (χ2v) is 4.86. The normalized spacial score (nSPS) is 23.6. The Bertz CT molecular complexity index is 372. The Kier molecular flexibility index (Phi) is 4.40. The summed E-state index contributed by atoms with van der Waals surface area (Å²) in [6.45, 7) is 5.05. The number of nitrogens with zero attached hydrogens (tertiary/aromatic N) is 1. The van der Waals surface area contributed by atoms with Crippen LogP contribution in [0.1, 0.15) is 18.6 Å². The fourth-order valence-corrected chi connectivity index (χ4v) is 2.36. The van der Waals surface area contributed by atoms with Gasteiger partial charge in [-0.3, -0.25) is 4.90 Å². The fraction of sp³-hybridized carbons (Fsp3) is 0.538. The van der Waals surface area contributed by atoms with Crippen molar-refractivity contribution < 1.29 is 9.84 Å². The van der Waals surface area contributed by atoms with Gasteiger partial charge in [-0.2, -0.15) is 0 Å². The first-order valence-corrected chi connectivity index (χ1v) is 6.30. The number of hydrogen-bond donors (Lipinski definition) is 1. The molecule has 2 atom stereocenters. The van der Waals surface area contributed by atoms with Crippen LogP contribution in [0.2, 0.25) is 5.02 Å². The summed E-state index contributed by atoms with van der Waals surface area (Å²) < 4.78 is 5.37. The van der Waals surface area contributed by atoms with Crippen LogP contribution in [0.25, 0.3) is 0 Å². The molecule has 0 aromatic heterocycles. The van der Waals surface area contributed by atoms with Gasteiger partial charge in [0.2, 0.25) is 0 Å². The molecule has 4 heteroatoms. The molecule has 0 amide bonds. The average molecular weight is 256 g/mol. The predicted octanol–water partition coefficient (Wildman–Crippen LogP) is 2.09. The van der Waals surface area contributed by atoms with E-state index in [9.17, 15) is 5.11 Å².